The van der Waals surface area contributed by atoms with Gasteiger partial charge in [0.05, 0.1) is 0 Å². The second-order valence-corrected chi connectivity index (χ2v) is 7.94. The topological polar surface area (TPSA) is 40.6 Å². The first-order valence-electron chi connectivity index (χ1n) is 7.68. The summed E-state index contributed by atoms with van der Waals surface area (Å²) in [5, 5.41) is 2.92. The lowest BCUT2D eigenvalue weighted by molar-refractivity contribution is -0.171. The van der Waals surface area contributed by atoms with E-state index in [0.717, 1.165) is 25.7 Å². The van der Waals surface area contributed by atoms with Gasteiger partial charge in [-0.3, -0.25) is 9.59 Å². The van der Waals surface area contributed by atoms with Gasteiger partial charge >= 0.3 is 0 Å². The molecule has 114 valence electrons. The van der Waals surface area contributed by atoms with E-state index in [4.69, 9.17) is 0 Å². The molecule has 0 bridgehead atoms. The molecule has 0 N–H and O–H groups in total. The van der Waals surface area contributed by atoms with Crippen LogP contribution in [0.25, 0.3) is 0 Å². The second-order valence-electron chi connectivity index (χ2n) is 7.94. The molecule has 1 saturated carbocycles. The molecule has 2 fully saturated rings. The number of hydrazine groups is 1. The van der Waals surface area contributed by atoms with Crippen LogP contribution in [0.2, 0.25) is 0 Å². The Morgan fingerprint density at radius 1 is 1.05 bits per heavy atom. The van der Waals surface area contributed by atoms with Crippen LogP contribution < -0.4 is 0 Å². The van der Waals surface area contributed by atoms with Crippen LogP contribution in [0, 0.1) is 16.7 Å². The molecule has 2 aliphatic rings. The summed E-state index contributed by atoms with van der Waals surface area (Å²) in [5.41, 5.74) is 0.280. The highest BCUT2D eigenvalue weighted by Crippen LogP contribution is 2.50. The maximum absolute atomic E-state index is 12.3. The number of carbonyl (C=O) groups is 2. The van der Waals surface area contributed by atoms with Gasteiger partial charge in [0.15, 0.2) is 0 Å². The Bertz CT molecular complexity index is 381. The zero-order chi connectivity index (χ0) is 15.1. The van der Waals surface area contributed by atoms with E-state index in [1.807, 2.05) is 0 Å². The molecule has 1 saturated heterocycles. The fraction of sp³-hybridized carbons (Fsp3) is 0.875. The van der Waals surface area contributed by atoms with Crippen molar-refractivity contribution in [2.24, 2.45) is 16.7 Å². The normalized spacial score (nSPS) is 24.8. The first-order chi connectivity index (χ1) is 9.15. The lowest BCUT2D eigenvalue weighted by Crippen LogP contribution is -2.54. The van der Waals surface area contributed by atoms with Gasteiger partial charge in [0.1, 0.15) is 0 Å². The van der Waals surface area contributed by atoms with Gasteiger partial charge in [0, 0.05) is 26.9 Å². The highest BCUT2D eigenvalue weighted by Gasteiger charge is 2.47. The minimum absolute atomic E-state index is 0.0274. The molecule has 2 amide bonds. The SMILES string of the molecule is CN(C)N1C(=O)CC2(CCC(C(C)(C)C)CC2)CC1=O. The van der Waals surface area contributed by atoms with Crippen molar-refractivity contribution in [3.63, 3.8) is 0 Å². The summed E-state index contributed by atoms with van der Waals surface area (Å²) in [6, 6.07) is 0. The monoisotopic (exact) mass is 280 g/mol. The third-order valence-corrected chi connectivity index (χ3v) is 5.20. The molecule has 20 heavy (non-hydrogen) atoms. The Morgan fingerprint density at radius 3 is 1.85 bits per heavy atom. The minimum atomic E-state index is -0.0531. The molecule has 4 heteroatoms. The molecule has 1 heterocycles. The molecule has 0 unspecified atom stereocenters. The van der Waals surface area contributed by atoms with Crippen molar-refractivity contribution in [2.45, 2.75) is 59.3 Å². The fourth-order valence-corrected chi connectivity index (χ4v) is 3.89. The van der Waals surface area contributed by atoms with Crippen molar-refractivity contribution < 1.29 is 9.59 Å². The van der Waals surface area contributed by atoms with Crippen molar-refractivity contribution in [1.82, 2.24) is 10.0 Å². The number of rotatable bonds is 1. The molecular weight excluding hydrogens is 252 g/mol. The van der Waals surface area contributed by atoms with E-state index in [1.165, 1.54) is 5.01 Å². The van der Waals surface area contributed by atoms with Crippen LogP contribution in [-0.2, 0) is 9.59 Å². The Labute approximate surface area is 122 Å². The lowest BCUT2D eigenvalue weighted by Gasteiger charge is -2.47. The van der Waals surface area contributed by atoms with Gasteiger partial charge in [-0.25, -0.2) is 10.0 Å². The Hall–Kier alpha value is -0.900. The molecular formula is C16H28N2O2. The second kappa shape index (κ2) is 5.14. The molecule has 1 aliphatic carbocycles. The van der Waals surface area contributed by atoms with Gasteiger partial charge in [0.25, 0.3) is 0 Å². The lowest BCUT2D eigenvalue weighted by atomic mass is 9.61. The Balaban J connectivity index is 2.06. The molecule has 1 spiro atoms. The number of carbonyl (C=O) groups excluding carboxylic acids is 2. The maximum Gasteiger partial charge on any atom is 0.244 e. The molecule has 0 atom stereocenters. The number of piperidine rings is 1. The minimum Gasteiger partial charge on any atom is -0.273 e. The fourth-order valence-electron chi connectivity index (χ4n) is 3.89. The molecule has 0 aromatic heterocycles. The number of nitrogens with zero attached hydrogens (tertiary/aromatic N) is 2. The highest BCUT2D eigenvalue weighted by molar-refractivity contribution is 5.97. The maximum atomic E-state index is 12.3. The predicted octanol–water partition coefficient (Wildman–Crippen LogP) is 2.83. The average molecular weight is 280 g/mol. The Kier molecular flexibility index (Phi) is 3.98. The zero-order valence-electron chi connectivity index (χ0n) is 13.5. The summed E-state index contributed by atoms with van der Waals surface area (Å²) in [4.78, 5) is 24.5. The van der Waals surface area contributed by atoms with E-state index in [1.54, 1.807) is 19.1 Å². The van der Waals surface area contributed by atoms with Crippen LogP contribution in [0.4, 0.5) is 0 Å². The highest BCUT2D eigenvalue weighted by atomic mass is 16.2. The van der Waals surface area contributed by atoms with Crippen molar-refractivity contribution in [3.8, 4) is 0 Å². The van der Waals surface area contributed by atoms with E-state index < -0.39 is 0 Å². The quantitative estimate of drug-likeness (QED) is 0.693. The van der Waals surface area contributed by atoms with E-state index in [2.05, 4.69) is 20.8 Å². The third-order valence-electron chi connectivity index (χ3n) is 5.20. The van der Waals surface area contributed by atoms with Crippen molar-refractivity contribution in [1.29, 1.82) is 0 Å². The molecule has 1 aliphatic heterocycles. The average Bonchev–Trinajstić information content (AvgIpc) is 2.26. The standard InChI is InChI=1S/C16H28N2O2/c1-15(2,3)12-6-8-16(9-7-12)10-13(19)18(17(4)5)14(20)11-16/h12H,6-11H2,1-5H3. The van der Waals surface area contributed by atoms with Gasteiger partial charge in [-0.1, -0.05) is 20.8 Å². The van der Waals surface area contributed by atoms with E-state index in [9.17, 15) is 9.59 Å². The summed E-state index contributed by atoms with van der Waals surface area (Å²) in [7, 11) is 3.51. The Morgan fingerprint density at radius 2 is 1.50 bits per heavy atom. The van der Waals surface area contributed by atoms with Crippen LogP contribution in [0.15, 0.2) is 0 Å². The first-order valence-corrected chi connectivity index (χ1v) is 7.68. The molecule has 0 aromatic carbocycles. The first kappa shape index (κ1) is 15.5. The molecule has 0 radical (unpaired) electrons. The number of amides is 2. The van der Waals surface area contributed by atoms with E-state index in [-0.39, 0.29) is 17.2 Å². The van der Waals surface area contributed by atoms with Gasteiger partial charge in [0.2, 0.25) is 11.8 Å². The molecule has 4 nitrogen and oxygen atoms in total. The van der Waals surface area contributed by atoms with Gasteiger partial charge < -0.3 is 0 Å². The number of imide groups is 1. The van der Waals surface area contributed by atoms with Crippen LogP contribution >= 0.6 is 0 Å². The van der Waals surface area contributed by atoms with Gasteiger partial charge in [-0.15, -0.1) is 0 Å². The van der Waals surface area contributed by atoms with E-state index >= 15 is 0 Å². The summed E-state index contributed by atoms with van der Waals surface area (Å²) in [6.07, 6.45) is 5.40. The summed E-state index contributed by atoms with van der Waals surface area (Å²) >= 11 is 0. The predicted molar refractivity (Wildman–Crippen MR) is 78.6 cm³/mol. The summed E-state index contributed by atoms with van der Waals surface area (Å²) < 4.78 is 0. The molecule has 2 rings (SSSR count). The van der Waals surface area contributed by atoms with E-state index in [0.29, 0.717) is 24.2 Å². The van der Waals surface area contributed by atoms with Crippen molar-refractivity contribution >= 4 is 11.8 Å². The van der Waals surface area contributed by atoms with Crippen LogP contribution in [0.3, 0.4) is 0 Å². The van der Waals surface area contributed by atoms with Gasteiger partial charge in [-0.05, 0) is 42.4 Å². The summed E-state index contributed by atoms with van der Waals surface area (Å²) in [6.45, 7) is 6.88. The van der Waals surface area contributed by atoms with Crippen molar-refractivity contribution in [3.05, 3.63) is 0 Å². The number of hydrogen-bond acceptors (Lipinski definition) is 3. The van der Waals surface area contributed by atoms with Gasteiger partial charge in [-0.2, -0.15) is 0 Å². The number of hydrogen-bond donors (Lipinski definition) is 0. The van der Waals surface area contributed by atoms with Crippen LogP contribution in [0.1, 0.15) is 59.3 Å². The largest absolute Gasteiger partial charge is 0.273 e. The van der Waals surface area contributed by atoms with Crippen molar-refractivity contribution in [2.75, 3.05) is 14.1 Å². The molecule has 0 aromatic rings. The van der Waals surface area contributed by atoms with Crippen LogP contribution in [0.5, 0.6) is 0 Å². The third kappa shape index (κ3) is 2.90. The summed E-state index contributed by atoms with van der Waals surface area (Å²) in [5.74, 6) is 0.658. The van der Waals surface area contributed by atoms with Crippen LogP contribution in [-0.4, -0.2) is 35.9 Å². The zero-order valence-corrected chi connectivity index (χ0v) is 13.5. The smallest absolute Gasteiger partial charge is 0.244 e.